The molecule has 0 N–H and O–H groups in total. The van der Waals surface area contributed by atoms with E-state index in [0.29, 0.717) is 0 Å². The van der Waals surface area contributed by atoms with Gasteiger partial charge in [-0.1, -0.05) is 0 Å². The van der Waals surface area contributed by atoms with E-state index in [0.717, 1.165) is 11.3 Å². The van der Waals surface area contributed by atoms with Gasteiger partial charge < -0.3 is 12.9 Å². The van der Waals surface area contributed by atoms with E-state index >= 15 is 0 Å². The van der Waals surface area contributed by atoms with Crippen LogP contribution in [0.5, 0.6) is 0 Å². The van der Waals surface area contributed by atoms with E-state index in [9.17, 15) is 12.9 Å². The number of aryl methyl sites for hydroxylation is 1. The third-order valence-electron chi connectivity index (χ3n) is 1.09. The molecule has 0 aliphatic heterocycles. The normalized spacial score (nSPS) is 12.0. The molecule has 10 heavy (non-hydrogen) atoms. The van der Waals surface area contributed by atoms with Gasteiger partial charge in [-0.25, -0.2) is 0 Å². The minimum absolute atomic E-state index is 0.243. The highest BCUT2D eigenvalue weighted by molar-refractivity contribution is 7.11. The molecule has 1 aromatic rings. The van der Waals surface area contributed by atoms with Crippen LogP contribution in [0.3, 0.4) is 0 Å². The van der Waals surface area contributed by atoms with Crippen molar-refractivity contribution in [1.29, 1.82) is 0 Å². The second kappa shape index (κ2) is 2.27. The predicted molar refractivity (Wildman–Crippen MR) is 35.6 cm³/mol. The molecule has 0 fully saturated rings. The largest absolute Gasteiger partial charge is 0.528 e. The number of halogens is 3. The smallest absolute Gasteiger partial charge is 0.444 e. The molecule has 0 saturated heterocycles. The average Bonchev–Trinajstić information content (AvgIpc) is 2.11. The van der Waals surface area contributed by atoms with E-state index in [1.165, 1.54) is 12.4 Å². The zero-order chi connectivity index (χ0) is 7.78. The Balaban J connectivity index is 3.05. The van der Waals surface area contributed by atoms with Gasteiger partial charge in [-0.2, -0.15) is 0 Å². The minimum atomic E-state index is -4.89. The van der Waals surface area contributed by atoms with Crippen LogP contribution < -0.4 is 5.59 Å². The monoisotopic (exact) mass is 166 g/mol. The lowest BCUT2D eigenvalue weighted by Gasteiger charge is -2.11. The summed E-state index contributed by atoms with van der Waals surface area (Å²) in [6.45, 7) is -3.47. The van der Waals surface area contributed by atoms with Crippen molar-refractivity contribution in [2.75, 3.05) is 0 Å². The number of rotatable bonds is 1. The lowest BCUT2D eigenvalue weighted by molar-refractivity contribution is 0.498. The van der Waals surface area contributed by atoms with E-state index < -0.39 is 12.6 Å². The van der Waals surface area contributed by atoms with Crippen molar-refractivity contribution in [2.45, 2.75) is 6.92 Å². The van der Waals surface area contributed by atoms with Gasteiger partial charge in [0.1, 0.15) is 0 Å². The minimum Gasteiger partial charge on any atom is -0.444 e. The molecule has 0 atom stereocenters. The lowest BCUT2D eigenvalue weighted by Crippen LogP contribution is -2.36. The highest BCUT2D eigenvalue weighted by Gasteiger charge is 2.29. The second-order valence-electron chi connectivity index (χ2n) is 1.87. The topological polar surface area (TPSA) is 12.9 Å². The fraction of sp³-hybridized carbons (Fsp3) is 0.250. The summed E-state index contributed by atoms with van der Waals surface area (Å²) < 4.78 is 35.7. The molecule has 0 saturated carbocycles. The zero-order valence-electron chi connectivity index (χ0n) is 5.14. The third kappa shape index (κ3) is 1.31. The summed E-state index contributed by atoms with van der Waals surface area (Å²) in [7, 11) is 0. The Morgan fingerprint density at radius 2 is 2.10 bits per heavy atom. The van der Waals surface area contributed by atoms with Crippen molar-refractivity contribution in [3.63, 3.8) is 0 Å². The van der Waals surface area contributed by atoms with E-state index in [-0.39, 0.29) is 4.88 Å². The SMILES string of the molecule is Cc1scnc1[B-](F)(F)F. The van der Waals surface area contributed by atoms with Gasteiger partial charge in [-0.15, -0.1) is 11.3 Å². The molecule has 1 nitrogen and oxygen atoms in total. The number of thiazole rings is 1. The van der Waals surface area contributed by atoms with Crippen molar-refractivity contribution in [2.24, 2.45) is 0 Å². The fourth-order valence-corrected chi connectivity index (χ4v) is 1.26. The van der Waals surface area contributed by atoms with Gasteiger partial charge in [-0.3, -0.25) is 4.98 Å². The summed E-state index contributed by atoms with van der Waals surface area (Å²) in [5, 5.41) is 0. The van der Waals surface area contributed by atoms with E-state index in [4.69, 9.17) is 0 Å². The molecule has 1 heterocycles. The highest BCUT2D eigenvalue weighted by Crippen LogP contribution is 2.12. The molecule has 0 aromatic carbocycles. The molecule has 0 unspecified atom stereocenters. The van der Waals surface area contributed by atoms with Crippen LogP contribution in [0.1, 0.15) is 4.88 Å². The van der Waals surface area contributed by atoms with Crippen molar-refractivity contribution in [3.05, 3.63) is 10.4 Å². The van der Waals surface area contributed by atoms with Crippen molar-refractivity contribution in [3.8, 4) is 0 Å². The number of nitrogens with zero attached hydrogens (tertiary/aromatic N) is 1. The maximum atomic E-state index is 11.9. The van der Waals surface area contributed by atoms with Crippen LogP contribution in [0.2, 0.25) is 0 Å². The van der Waals surface area contributed by atoms with Crippen LogP contribution in [0.4, 0.5) is 12.9 Å². The van der Waals surface area contributed by atoms with Crippen LogP contribution >= 0.6 is 11.3 Å². The Morgan fingerprint density at radius 3 is 2.30 bits per heavy atom. The molecule has 1 aromatic heterocycles. The van der Waals surface area contributed by atoms with Gasteiger partial charge in [-0.05, 0) is 17.4 Å². The van der Waals surface area contributed by atoms with E-state index in [2.05, 4.69) is 4.98 Å². The summed E-state index contributed by atoms with van der Waals surface area (Å²) in [4.78, 5) is 3.45. The van der Waals surface area contributed by atoms with Gasteiger partial charge >= 0.3 is 6.98 Å². The summed E-state index contributed by atoms with van der Waals surface area (Å²) >= 11 is 1.02. The number of hydrogen-bond donors (Lipinski definition) is 0. The van der Waals surface area contributed by atoms with Gasteiger partial charge in [0.15, 0.2) is 0 Å². The molecule has 1 rings (SSSR count). The number of aromatic nitrogens is 1. The first-order valence-corrected chi connectivity index (χ1v) is 3.49. The van der Waals surface area contributed by atoms with Crippen LogP contribution in [-0.2, 0) is 0 Å². The Morgan fingerprint density at radius 1 is 1.50 bits per heavy atom. The standard InChI is InChI=1S/C4H4BF3NS/c1-3-4(5(6,7)8)9-2-10-3/h2H,1H3/q-1. The second-order valence-corrected chi connectivity index (χ2v) is 2.93. The molecule has 0 radical (unpaired) electrons. The van der Waals surface area contributed by atoms with Gasteiger partial charge in [0, 0.05) is 0 Å². The van der Waals surface area contributed by atoms with Crippen molar-refractivity contribution < 1.29 is 12.9 Å². The van der Waals surface area contributed by atoms with Gasteiger partial charge in [0.25, 0.3) is 0 Å². The van der Waals surface area contributed by atoms with Gasteiger partial charge in [0.2, 0.25) is 0 Å². The van der Waals surface area contributed by atoms with Gasteiger partial charge in [0.05, 0.1) is 5.51 Å². The summed E-state index contributed by atoms with van der Waals surface area (Å²) in [6.07, 6.45) is 0. The van der Waals surface area contributed by atoms with Crippen molar-refractivity contribution >= 4 is 23.9 Å². The quantitative estimate of drug-likeness (QED) is 0.576. The van der Waals surface area contributed by atoms with Crippen LogP contribution in [0.15, 0.2) is 5.51 Å². The summed E-state index contributed by atoms with van der Waals surface area (Å²) in [5.74, 6) is 0. The first kappa shape index (κ1) is 7.59. The first-order chi connectivity index (χ1) is 4.52. The van der Waals surface area contributed by atoms with E-state index in [1.54, 1.807) is 0 Å². The molecule has 0 spiro atoms. The molecule has 0 amide bonds. The third-order valence-corrected chi connectivity index (χ3v) is 1.87. The lowest BCUT2D eigenvalue weighted by atomic mass is 9.85. The number of hydrogen-bond acceptors (Lipinski definition) is 2. The Kier molecular flexibility index (Phi) is 1.72. The molecule has 0 bridgehead atoms. The highest BCUT2D eigenvalue weighted by atomic mass is 32.1. The summed E-state index contributed by atoms with van der Waals surface area (Å²) in [6, 6.07) is 0. The van der Waals surface area contributed by atoms with Crippen LogP contribution in [-0.4, -0.2) is 12.0 Å². The molecular weight excluding hydrogens is 162 g/mol. The van der Waals surface area contributed by atoms with Crippen LogP contribution in [0, 0.1) is 6.92 Å². The fourth-order valence-electron chi connectivity index (χ4n) is 0.628. The molecule has 56 valence electrons. The van der Waals surface area contributed by atoms with Crippen molar-refractivity contribution in [1.82, 2.24) is 4.98 Å². The summed E-state index contributed by atoms with van der Waals surface area (Å²) in [5.41, 5.74) is 0.505. The molecular formula is C4H4BF3NS-. The molecule has 0 aliphatic rings. The predicted octanol–water partition coefficient (Wildman–Crippen LogP) is 1.51. The Labute approximate surface area is 60.0 Å². The molecule has 0 aliphatic carbocycles. The Bertz CT molecular complexity index is 231. The zero-order valence-corrected chi connectivity index (χ0v) is 5.96. The van der Waals surface area contributed by atoms with E-state index in [1.807, 2.05) is 0 Å². The first-order valence-electron chi connectivity index (χ1n) is 2.61. The average molecular weight is 166 g/mol. The van der Waals surface area contributed by atoms with Crippen LogP contribution in [0.25, 0.3) is 0 Å². The Hall–Kier alpha value is -0.515. The maximum Gasteiger partial charge on any atom is 0.528 e. The molecule has 6 heteroatoms. The maximum absolute atomic E-state index is 11.9.